The fourth-order valence-corrected chi connectivity index (χ4v) is 3.24. The van der Waals surface area contributed by atoms with Crippen LogP contribution < -0.4 is 10.2 Å². The lowest BCUT2D eigenvalue weighted by Crippen LogP contribution is -2.35. The molecule has 0 aliphatic carbocycles. The van der Waals surface area contributed by atoms with Gasteiger partial charge in [-0.2, -0.15) is 0 Å². The molecule has 1 saturated heterocycles. The van der Waals surface area contributed by atoms with Crippen LogP contribution in [0.1, 0.15) is 46.6 Å². The zero-order valence-electron chi connectivity index (χ0n) is 14.0. The minimum atomic E-state index is 0.149. The van der Waals surface area contributed by atoms with E-state index in [2.05, 4.69) is 79.0 Å². The summed E-state index contributed by atoms with van der Waals surface area (Å²) in [5.74, 6) is 1.60. The smallest absolute Gasteiger partial charge is 0.0423 e. The molecule has 2 rings (SSSR count). The molecule has 1 fully saturated rings. The highest BCUT2D eigenvalue weighted by atomic mass is 79.9. The normalized spacial score (nSPS) is 19.6. The van der Waals surface area contributed by atoms with E-state index in [-0.39, 0.29) is 5.54 Å². The number of hydrogen-bond acceptors (Lipinski definition) is 2. The van der Waals surface area contributed by atoms with Gasteiger partial charge in [-0.3, -0.25) is 0 Å². The van der Waals surface area contributed by atoms with Gasteiger partial charge in [0.1, 0.15) is 0 Å². The summed E-state index contributed by atoms with van der Waals surface area (Å²) in [4.78, 5) is 2.56. The summed E-state index contributed by atoms with van der Waals surface area (Å²) in [6, 6.07) is 6.68. The van der Waals surface area contributed by atoms with Crippen molar-refractivity contribution in [1.82, 2.24) is 5.32 Å². The summed E-state index contributed by atoms with van der Waals surface area (Å²) < 4.78 is 1.17. The molecule has 0 amide bonds. The van der Waals surface area contributed by atoms with Gasteiger partial charge in [-0.05, 0) is 56.7 Å². The van der Waals surface area contributed by atoms with E-state index >= 15 is 0 Å². The lowest BCUT2D eigenvalue weighted by Gasteiger charge is -2.26. The molecule has 3 heteroatoms. The molecule has 0 spiro atoms. The highest BCUT2D eigenvalue weighted by molar-refractivity contribution is 9.10. The number of nitrogens with zero attached hydrogens (tertiary/aromatic N) is 1. The molecular weight excluding hydrogens is 324 g/mol. The van der Waals surface area contributed by atoms with E-state index in [4.69, 9.17) is 0 Å². The number of benzene rings is 1. The molecule has 1 aliphatic heterocycles. The number of nitrogens with one attached hydrogen (secondary N) is 1. The Balaban J connectivity index is 2.16. The third-order valence-corrected chi connectivity index (χ3v) is 4.86. The summed E-state index contributed by atoms with van der Waals surface area (Å²) in [5.41, 5.74) is 2.94. The molecule has 118 valence electrons. The highest BCUT2D eigenvalue weighted by Crippen LogP contribution is 2.32. The van der Waals surface area contributed by atoms with Crippen LogP contribution in [0.4, 0.5) is 5.69 Å². The van der Waals surface area contributed by atoms with Crippen LogP contribution in [0.25, 0.3) is 0 Å². The zero-order chi connectivity index (χ0) is 15.6. The first-order chi connectivity index (χ1) is 9.76. The maximum absolute atomic E-state index is 3.63. The third-order valence-electron chi connectivity index (χ3n) is 4.36. The molecule has 1 atom stereocenters. The number of anilines is 1. The van der Waals surface area contributed by atoms with Crippen molar-refractivity contribution in [3.63, 3.8) is 0 Å². The van der Waals surface area contributed by atoms with Gasteiger partial charge in [0, 0.05) is 35.3 Å². The summed E-state index contributed by atoms with van der Waals surface area (Å²) >= 11 is 3.63. The molecule has 0 saturated carbocycles. The fourth-order valence-electron chi connectivity index (χ4n) is 2.89. The molecule has 1 N–H and O–H groups in total. The largest absolute Gasteiger partial charge is 0.371 e. The fraction of sp³-hybridized carbons (Fsp3) is 0.667. The van der Waals surface area contributed by atoms with Crippen LogP contribution in [-0.4, -0.2) is 18.6 Å². The molecule has 1 aliphatic rings. The van der Waals surface area contributed by atoms with Crippen LogP contribution in [0.2, 0.25) is 0 Å². The van der Waals surface area contributed by atoms with Crippen LogP contribution in [-0.2, 0) is 6.54 Å². The average molecular weight is 353 g/mol. The maximum Gasteiger partial charge on any atom is 0.0423 e. The molecule has 1 aromatic carbocycles. The number of hydrogen-bond donors (Lipinski definition) is 1. The lowest BCUT2D eigenvalue weighted by molar-refractivity contribution is 0.421. The van der Waals surface area contributed by atoms with Gasteiger partial charge in [-0.25, -0.2) is 0 Å². The molecule has 2 nitrogen and oxygen atoms in total. The Hall–Kier alpha value is -0.540. The standard InChI is InChI=1S/C18H29BrN2/c1-13(2)15-8-9-21(12-15)17-10-16(19)7-6-14(17)11-20-18(3,4)5/h6-7,10,13,15,20H,8-9,11-12H2,1-5H3. The van der Waals surface area contributed by atoms with Gasteiger partial charge in [-0.1, -0.05) is 35.8 Å². The lowest BCUT2D eigenvalue weighted by atomic mass is 9.95. The number of halogens is 1. The Bertz CT molecular complexity index is 477. The van der Waals surface area contributed by atoms with Crippen LogP contribution in [0.3, 0.4) is 0 Å². The summed E-state index contributed by atoms with van der Waals surface area (Å²) in [6.45, 7) is 14.6. The zero-order valence-corrected chi connectivity index (χ0v) is 15.6. The molecule has 0 bridgehead atoms. The Morgan fingerprint density at radius 3 is 2.62 bits per heavy atom. The van der Waals surface area contributed by atoms with Crippen molar-refractivity contribution in [1.29, 1.82) is 0 Å². The van der Waals surface area contributed by atoms with Crippen molar-refractivity contribution < 1.29 is 0 Å². The van der Waals surface area contributed by atoms with Crippen molar-refractivity contribution in [3.05, 3.63) is 28.2 Å². The van der Waals surface area contributed by atoms with Gasteiger partial charge in [0.2, 0.25) is 0 Å². The third kappa shape index (κ3) is 4.72. The van der Waals surface area contributed by atoms with Crippen molar-refractivity contribution in [2.45, 2.75) is 53.1 Å². The van der Waals surface area contributed by atoms with Crippen LogP contribution >= 0.6 is 15.9 Å². The van der Waals surface area contributed by atoms with Crippen LogP contribution in [0, 0.1) is 11.8 Å². The molecule has 21 heavy (non-hydrogen) atoms. The molecule has 1 aromatic rings. The summed E-state index contributed by atoms with van der Waals surface area (Å²) in [5, 5.41) is 3.61. The molecule has 0 radical (unpaired) electrons. The Labute approximate surface area is 138 Å². The molecule has 0 aromatic heterocycles. The topological polar surface area (TPSA) is 15.3 Å². The Morgan fingerprint density at radius 1 is 1.33 bits per heavy atom. The molecule has 1 heterocycles. The van der Waals surface area contributed by atoms with Gasteiger partial charge >= 0.3 is 0 Å². The first kappa shape index (κ1) is 16.8. The van der Waals surface area contributed by atoms with Gasteiger partial charge in [0.25, 0.3) is 0 Å². The SMILES string of the molecule is CC(C)C1CCN(c2cc(Br)ccc2CNC(C)(C)C)C1. The van der Waals surface area contributed by atoms with Crippen LogP contribution in [0.15, 0.2) is 22.7 Å². The van der Waals surface area contributed by atoms with E-state index in [1.807, 2.05) is 0 Å². The molecule has 1 unspecified atom stereocenters. The predicted molar refractivity (Wildman–Crippen MR) is 95.9 cm³/mol. The van der Waals surface area contributed by atoms with Gasteiger partial charge in [-0.15, -0.1) is 0 Å². The second-order valence-corrected chi connectivity index (χ2v) is 8.53. The van der Waals surface area contributed by atoms with E-state index in [0.29, 0.717) is 0 Å². The average Bonchev–Trinajstić information content (AvgIpc) is 2.85. The summed E-state index contributed by atoms with van der Waals surface area (Å²) in [7, 11) is 0. The van der Waals surface area contributed by atoms with Gasteiger partial charge < -0.3 is 10.2 Å². The Morgan fingerprint density at radius 2 is 2.05 bits per heavy atom. The van der Waals surface area contributed by atoms with Crippen molar-refractivity contribution in [2.24, 2.45) is 11.8 Å². The van der Waals surface area contributed by atoms with E-state index in [9.17, 15) is 0 Å². The van der Waals surface area contributed by atoms with E-state index in [0.717, 1.165) is 18.4 Å². The van der Waals surface area contributed by atoms with E-state index in [1.165, 1.54) is 35.2 Å². The van der Waals surface area contributed by atoms with Crippen LogP contribution in [0.5, 0.6) is 0 Å². The van der Waals surface area contributed by atoms with Crippen molar-refractivity contribution in [2.75, 3.05) is 18.0 Å². The second-order valence-electron chi connectivity index (χ2n) is 7.62. The van der Waals surface area contributed by atoms with Gasteiger partial charge in [0.05, 0.1) is 0 Å². The van der Waals surface area contributed by atoms with Gasteiger partial charge in [0.15, 0.2) is 0 Å². The minimum absolute atomic E-state index is 0.149. The number of rotatable bonds is 4. The monoisotopic (exact) mass is 352 g/mol. The first-order valence-corrected chi connectivity index (χ1v) is 8.84. The van der Waals surface area contributed by atoms with Crippen molar-refractivity contribution >= 4 is 21.6 Å². The first-order valence-electron chi connectivity index (χ1n) is 8.04. The quantitative estimate of drug-likeness (QED) is 0.835. The predicted octanol–water partition coefficient (Wildman–Crippen LogP) is 4.82. The van der Waals surface area contributed by atoms with Crippen molar-refractivity contribution in [3.8, 4) is 0 Å². The Kier molecular flexibility index (Phi) is 5.37. The van der Waals surface area contributed by atoms with E-state index < -0.39 is 0 Å². The summed E-state index contributed by atoms with van der Waals surface area (Å²) in [6.07, 6.45) is 1.32. The highest BCUT2D eigenvalue weighted by Gasteiger charge is 2.26. The van der Waals surface area contributed by atoms with E-state index in [1.54, 1.807) is 0 Å². The molecular formula is C18H29BrN2. The maximum atomic E-state index is 3.63. The second kappa shape index (κ2) is 6.70. The minimum Gasteiger partial charge on any atom is -0.371 e.